The van der Waals surface area contributed by atoms with Crippen molar-refractivity contribution in [2.45, 2.75) is 13.3 Å². The Morgan fingerprint density at radius 1 is 1.48 bits per heavy atom. The summed E-state index contributed by atoms with van der Waals surface area (Å²) in [7, 11) is 0. The molecule has 7 heteroatoms. The molecule has 122 valence electrons. The first-order valence-corrected chi connectivity index (χ1v) is 8.58. The Morgan fingerprint density at radius 2 is 2.35 bits per heavy atom. The number of nitrogens with zero attached hydrogens (tertiary/aromatic N) is 2. The number of aromatic nitrogens is 1. The molecule has 1 aliphatic rings. The first-order chi connectivity index (χ1) is 11.1. The molecule has 0 spiro atoms. The van der Waals surface area contributed by atoms with Crippen molar-refractivity contribution in [3.63, 3.8) is 0 Å². The van der Waals surface area contributed by atoms with Crippen molar-refractivity contribution in [2.75, 3.05) is 32.7 Å². The fourth-order valence-corrected chi connectivity index (χ4v) is 3.54. The molecule has 1 aromatic carbocycles. The van der Waals surface area contributed by atoms with Crippen LogP contribution in [0.1, 0.15) is 21.8 Å². The Hall–Kier alpha value is -1.99. The molecule has 0 saturated carbocycles. The largest absolute Gasteiger partial charge is 0.354 e. The normalized spacial score (nSPS) is 15.6. The standard InChI is InChI=1S/C16H20N4O2S/c1-11-19-13-4-3-12(9-14(13)23-11)16(22)18-5-2-7-20-8-6-17-15(21)10-20/h3-4,9H,2,5-8,10H2,1H3,(H,17,21)(H,18,22). The van der Waals surface area contributed by atoms with Crippen LogP contribution in [0.4, 0.5) is 0 Å². The van der Waals surface area contributed by atoms with Gasteiger partial charge in [0.05, 0.1) is 21.8 Å². The monoisotopic (exact) mass is 332 g/mol. The van der Waals surface area contributed by atoms with Gasteiger partial charge in [-0.25, -0.2) is 4.98 Å². The van der Waals surface area contributed by atoms with Crippen LogP contribution in [0.3, 0.4) is 0 Å². The summed E-state index contributed by atoms with van der Waals surface area (Å²) in [5, 5.41) is 6.75. The number of amides is 2. The van der Waals surface area contributed by atoms with E-state index in [4.69, 9.17) is 0 Å². The van der Waals surface area contributed by atoms with Crippen molar-refractivity contribution >= 4 is 33.4 Å². The van der Waals surface area contributed by atoms with E-state index in [0.29, 0.717) is 25.2 Å². The highest BCUT2D eigenvalue weighted by Crippen LogP contribution is 2.22. The van der Waals surface area contributed by atoms with Gasteiger partial charge >= 0.3 is 0 Å². The van der Waals surface area contributed by atoms with Crippen LogP contribution in [-0.2, 0) is 4.79 Å². The van der Waals surface area contributed by atoms with E-state index in [2.05, 4.69) is 20.5 Å². The summed E-state index contributed by atoms with van der Waals surface area (Å²) in [6.07, 6.45) is 0.834. The highest BCUT2D eigenvalue weighted by molar-refractivity contribution is 7.18. The molecule has 2 heterocycles. The van der Waals surface area contributed by atoms with Gasteiger partial charge in [0.1, 0.15) is 0 Å². The minimum atomic E-state index is -0.0608. The first-order valence-electron chi connectivity index (χ1n) is 7.76. The van der Waals surface area contributed by atoms with Gasteiger partial charge in [-0.15, -0.1) is 11.3 Å². The SMILES string of the molecule is Cc1nc2ccc(C(=O)NCCCN3CCNC(=O)C3)cc2s1. The number of hydrogen-bond acceptors (Lipinski definition) is 5. The minimum Gasteiger partial charge on any atom is -0.354 e. The number of aryl methyl sites for hydroxylation is 1. The molecule has 0 radical (unpaired) electrons. The number of carbonyl (C=O) groups excluding carboxylic acids is 2. The van der Waals surface area contributed by atoms with Gasteiger partial charge in [-0.1, -0.05) is 0 Å². The third-order valence-electron chi connectivity index (χ3n) is 3.81. The molecule has 2 N–H and O–H groups in total. The summed E-state index contributed by atoms with van der Waals surface area (Å²) in [5.41, 5.74) is 1.60. The van der Waals surface area contributed by atoms with Gasteiger partial charge in [0.25, 0.3) is 5.91 Å². The van der Waals surface area contributed by atoms with E-state index in [0.717, 1.165) is 34.7 Å². The van der Waals surface area contributed by atoms with E-state index in [1.54, 1.807) is 11.3 Å². The lowest BCUT2D eigenvalue weighted by Crippen LogP contribution is -2.48. The molecule has 2 amide bonds. The maximum absolute atomic E-state index is 12.2. The Balaban J connectivity index is 1.47. The highest BCUT2D eigenvalue weighted by Gasteiger charge is 2.15. The lowest BCUT2D eigenvalue weighted by Gasteiger charge is -2.26. The average Bonchev–Trinajstić information content (AvgIpc) is 2.90. The van der Waals surface area contributed by atoms with Gasteiger partial charge in [-0.05, 0) is 31.5 Å². The van der Waals surface area contributed by atoms with Crippen LogP contribution < -0.4 is 10.6 Å². The van der Waals surface area contributed by atoms with Crippen LogP contribution in [0.25, 0.3) is 10.2 Å². The van der Waals surface area contributed by atoms with Crippen molar-refractivity contribution in [2.24, 2.45) is 0 Å². The molecule has 1 saturated heterocycles. The summed E-state index contributed by atoms with van der Waals surface area (Å²) in [6.45, 7) is 5.43. The summed E-state index contributed by atoms with van der Waals surface area (Å²) >= 11 is 1.60. The number of benzene rings is 1. The third-order valence-corrected chi connectivity index (χ3v) is 4.75. The van der Waals surface area contributed by atoms with E-state index in [1.165, 1.54) is 0 Å². The van der Waals surface area contributed by atoms with Gasteiger partial charge in [-0.3, -0.25) is 14.5 Å². The Morgan fingerprint density at radius 3 is 3.17 bits per heavy atom. The van der Waals surface area contributed by atoms with E-state index in [-0.39, 0.29) is 11.8 Å². The van der Waals surface area contributed by atoms with Crippen LogP contribution in [-0.4, -0.2) is 54.4 Å². The van der Waals surface area contributed by atoms with Crippen LogP contribution in [0.2, 0.25) is 0 Å². The second kappa shape index (κ2) is 7.06. The third kappa shape index (κ3) is 4.05. The topological polar surface area (TPSA) is 74.3 Å². The molecule has 6 nitrogen and oxygen atoms in total. The maximum Gasteiger partial charge on any atom is 0.251 e. The maximum atomic E-state index is 12.2. The molecule has 0 bridgehead atoms. The fraction of sp³-hybridized carbons (Fsp3) is 0.438. The quantitative estimate of drug-likeness (QED) is 0.806. The fourth-order valence-electron chi connectivity index (χ4n) is 2.67. The van der Waals surface area contributed by atoms with Crippen molar-refractivity contribution in [1.29, 1.82) is 0 Å². The van der Waals surface area contributed by atoms with Crippen LogP contribution in [0.15, 0.2) is 18.2 Å². The molecule has 0 aliphatic carbocycles. The summed E-state index contributed by atoms with van der Waals surface area (Å²) < 4.78 is 1.04. The lowest BCUT2D eigenvalue weighted by molar-refractivity contribution is -0.124. The van der Waals surface area contributed by atoms with Crippen molar-refractivity contribution in [3.8, 4) is 0 Å². The molecule has 2 aromatic rings. The van der Waals surface area contributed by atoms with Crippen LogP contribution in [0.5, 0.6) is 0 Å². The summed E-state index contributed by atoms with van der Waals surface area (Å²) in [5.74, 6) is 0.0165. The number of hydrogen-bond donors (Lipinski definition) is 2. The zero-order valence-electron chi connectivity index (χ0n) is 13.1. The number of fused-ring (bicyclic) bond motifs is 1. The number of nitrogens with one attached hydrogen (secondary N) is 2. The Labute approximate surface area is 138 Å². The average molecular weight is 332 g/mol. The second-order valence-corrected chi connectivity index (χ2v) is 6.89. The zero-order chi connectivity index (χ0) is 16.2. The molecule has 1 aromatic heterocycles. The predicted octanol–water partition coefficient (Wildman–Crippen LogP) is 1.16. The number of piperazine rings is 1. The van der Waals surface area contributed by atoms with Gasteiger partial charge in [0.2, 0.25) is 5.91 Å². The first kappa shape index (κ1) is 15.9. The van der Waals surface area contributed by atoms with E-state index in [1.807, 2.05) is 25.1 Å². The molecular weight excluding hydrogens is 312 g/mol. The smallest absolute Gasteiger partial charge is 0.251 e. The molecule has 1 aliphatic heterocycles. The lowest BCUT2D eigenvalue weighted by atomic mass is 10.2. The van der Waals surface area contributed by atoms with Gasteiger partial charge < -0.3 is 10.6 Å². The molecule has 0 atom stereocenters. The predicted molar refractivity (Wildman–Crippen MR) is 90.8 cm³/mol. The Kier molecular flexibility index (Phi) is 4.88. The van der Waals surface area contributed by atoms with Gasteiger partial charge in [-0.2, -0.15) is 0 Å². The zero-order valence-corrected chi connectivity index (χ0v) is 13.9. The molecule has 0 unspecified atom stereocenters. The number of thiazole rings is 1. The Bertz CT molecular complexity index is 728. The second-order valence-electron chi connectivity index (χ2n) is 5.65. The van der Waals surface area contributed by atoms with Gasteiger partial charge in [0, 0.05) is 31.7 Å². The molecule has 23 heavy (non-hydrogen) atoms. The van der Waals surface area contributed by atoms with E-state index >= 15 is 0 Å². The molecule has 1 fully saturated rings. The van der Waals surface area contributed by atoms with Crippen LogP contribution >= 0.6 is 11.3 Å². The van der Waals surface area contributed by atoms with Crippen molar-refractivity contribution in [3.05, 3.63) is 28.8 Å². The molecular formula is C16H20N4O2S. The van der Waals surface area contributed by atoms with Crippen LogP contribution in [0, 0.1) is 6.92 Å². The summed E-state index contributed by atoms with van der Waals surface area (Å²) in [4.78, 5) is 30.0. The molecule has 3 rings (SSSR count). The number of carbonyl (C=O) groups is 2. The van der Waals surface area contributed by atoms with Gasteiger partial charge in [0.15, 0.2) is 0 Å². The summed E-state index contributed by atoms with van der Waals surface area (Å²) in [6, 6.07) is 5.59. The number of rotatable bonds is 5. The van der Waals surface area contributed by atoms with E-state index < -0.39 is 0 Å². The highest BCUT2D eigenvalue weighted by atomic mass is 32.1. The van der Waals surface area contributed by atoms with Crippen molar-refractivity contribution < 1.29 is 9.59 Å². The van der Waals surface area contributed by atoms with E-state index in [9.17, 15) is 9.59 Å². The van der Waals surface area contributed by atoms with Crippen molar-refractivity contribution in [1.82, 2.24) is 20.5 Å². The minimum absolute atomic E-state index is 0.0608.